The molecule has 1 aliphatic rings. The molecule has 0 aromatic heterocycles. The summed E-state index contributed by atoms with van der Waals surface area (Å²) in [5, 5.41) is 19.5. The van der Waals surface area contributed by atoms with Crippen molar-refractivity contribution in [1.82, 2.24) is 0 Å². The highest BCUT2D eigenvalue weighted by atomic mass is 16.5. The Morgan fingerprint density at radius 1 is 1.09 bits per heavy atom. The number of hydrogen-bond donors (Lipinski definition) is 2. The molecule has 124 valence electrons. The molecule has 0 heterocycles. The van der Waals surface area contributed by atoms with Crippen LogP contribution in [0.3, 0.4) is 0 Å². The van der Waals surface area contributed by atoms with Crippen LogP contribution in [0.1, 0.15) is 57.1 Å². The number of ether oxygens (including phenoxy) is 1. The van der Waals surface area contributed by atoms with Crippen LogP contribution in [0.25, 0.3) is 11.1 Å². The number of rotatable bonds is 7. The van der Waals surface area contributed by atoms with Crippen molar-refractivity contribution in [1.29, 1.82) is 0 Å². The zero-order chi connectivity index (χ0) is 16.8. The lowest BCUT2D eigenvalue weighted by Gasteiger charge is -2.07. The normalized spacial score (nSPS) is 14.7. The molecule has 1 aromatic rings. The molecule has 4 heteroatoms. The minimum atomic E-state index is -0.409. The average molecular weight is 316 g/mol. The SMILES string of the molecule is CCCCCC/C=C1\C=C(C(=O)OCC)c2cc(O)c(O)cc21. The summed E-state index contributed by atoms with van der Waals surface area (Å²) in [5.74, 6) is -0.824. The lowest BCUT2D eigenvalue weighted by Crippen LogP contribution is -2.05. The maximum Gasteiger partial charge on any atom is 0.338 e. The van der Waals surface area contributed by atoms with E-state index < -0.39 is 5.97 Å². The molecule has 0 saturated carbocycles. The Morgan fingerprint density at radius 3 is 2.43 bits per heavy atom. The van der Waals surface area contributed by atoms with Crippen molar-refractivity contribution < 1.29 is 19.7 Å². The third kappa shape index (κ3) is 3.95. The van der Waals surface area contributed by atoms with Crippen LogP contribution in [0.15, 0.2) is 24.3 Å². The number of carbonyl (C=O) groups excluding carboxylic acids is 1. The number of benzene rings is 1. The molecular weight excluding hydrogens is 292 g/mol. The lowest BCUT2D eigenvalue weighted by atomic mass is 10.0. The summed E-state index contributed by atoms with van der Waals surface area (Å²) in [7, 11) is 0. The maximum atomic E-state index is 12.1. The predicted octanol–water partition coefficient (Wildman–Crippen LogP) is 4.41. The zero-order valence-corrected chi connectivity index (χ0v) is 13.8. The van der Waals surface area contributed by atoms with Crippen LogP contribution in [-0.2, 0) is 9.53 Å². The fraction of sp³-hybridized carbons (Fsp3) is 0.421. The monoisotopic (exact) mass is 316 g/mol. The number of carbonyl (C=O) groups is 1. The summed E-state index contributed by atoms with van der Waals surface area (Å²) in [4.78, 5) is 12.1. The number of aromatic hydroxyl groups is 2. The Labute approximate surface area is 137 Å². The van der Waals surface area contributed by atoms with Crippen molar-refractivity contribution in [2.45, 2.75) is 46.0 Å². The van der Waals surface area contributed by atoms with E-state index in [2.05, 4.69) is 13.0 Å². The van der Waals surface area contributed by atoms with Gasteiger partial charge in [-0.3, -0.25) is 0 Å². The van der Waals surface area contributed by atoms with Crippen molar-refractivity contribution in [3.05, 3.63) is 35.4 Å². The second-order valence-corrected chi connectivity index (χ2v) is 5.67. The summed E-state index contributed by atoms with van der Waals surface area (Å²) < 4.78 is 5.08. The first-order chi connectivity index (χ1) is 11.1. The topological polar surface area (TPSA) is 66.8 Å². The Bertz CT molecular complexity index is 641. The predicted molar refractivity (Wildman–Crippen MR) is 91.1 cm³/mol. The fourth-order valence-corrected chi connectivity index (χ4v) is 2.72. The highest BCUT2D eigenvalue weighted by Crippen LogP contribution is 2.41. The molecule has 0 saturated heterocycles. The highest BCUT2D eigenvalue weighted by molar-refractivity contribution is 6.23. The van der Waals surface area contributed by atoms with Crippen LogP contribution < -0.4 is 0 Å². The van der Waals surface area contributed by atoms with Crippen molar-refractivity contribution in [3.63, 3.8) is 0 Å². The van der Waals surface area contributed by atoms with Gasteiger partial charge in [-0.15, -0.1) is 0 Å². The average Bonchev–Trinajstić information content (AvgIpc) is 2.86. The van der Waals surface area contributed by atoms with E-state index >= 15 is 0 Å². The van der Waals surface area contributed by atoms with Gasteiger partial charge in [0.1, 0.15) is 0 Å². The van der Waals surface area contributed by atoms with Gasteiger partial charge in [0.25, 0.3) is 0 Å². The number of hydrogen-bond acceptors (Lipinski definition) is 4. The van der Waals surface area contributed by atoms with Gasteiger partial charge < -0.3 is 14.9 Å². The number of esters is 1. The van der Waals surface area contributed by atoms with Crippen LogP contribution >= 0.6 is 0 Å². The van der Waals surface area contributed by atoms with E-state index in [0.717, 1.165) is 24.0 Å². The molecule has 2 N–H and O–H groups in total. The van der Waals surface area contributed by atoms with Gasteiger partial charge in [-0.25, -0.2) is 4.79 Å². The first-order valence-electron chi connectivity index (χ1n) is 8.24. The molecule has 2 rings (SSSR count). The van der Waals surface area contributed by atoms with Gasteiger partial charge in [0.15, 0.2) is 11.5 Å². The molecule has 0 bridgehead atoms. The summed E-state index contributed by atoms with van der Waals surface area (Å²) in [6.07, 6.45) is 9.47. The molecule has 0 aliphatic heterocycles. The molecule has 23 heavy (non-hydrogen) atoms. The highest BCUT2D eigenvalue weighted by Gasteiger charge is 2.26. The van der Waals surface area contributed by atoms with Gasteiger partial charge in [0.2, 0.25) is 0 Å². The molecule has 0 radical (unpaired) electrons. The Morgan fingerprint density at radius 2 is 1.78 bits per heavy atom. The van der Waals surface area contributed by atoms with Gasteiger partial charge in [-0.05, 0) is 49.1 Å². The first kappa shape index (κ1) is 17.1. The van der Waals surface area contributed by atoms with Crippen LogP contribution in [0.2, 0.25) is 0 Å². The summed E-state index contributed by atoms with van der Waals surface area (Å²) in [5.41, 5.74) is 2.70. The molecule has 4 nitrogen and oxygen atoms in total. The molecule has 1 aliphatic carbocycles. The largest absolute Gasteiger partial charge is 0.504 e. The van der Waals surface area contributed by atoms with Gasteiger partial charge in [0.05, 0.1) is 12.2 Å². The van der Waals surface area contributed by atoms with Crippen LogP contribution in [0.5, 0.6) is 11.5 Å². The molecule has 1 aromatic carbocycles. The van der Waals surface area contributed by atoms with Crippen molar-refractivity contribution >= 4 is 17.1 Å². The van der Waals surface area contributed by atoms with Gasteiger partial charge >= 0.3 is 5.97 Å². The quantitative estimate of drug-likeness (QED) is 0.444. The fourth-order valence-electron chi connectivity index (χ4n) is 2.72. The van der Waals surface area contributed by atoms with Gasteiger partial charge in [0, 0.05) is 5.56 Å². The smallest absolute Gasteiger partial charge is 0.338 e. The Balaban J connectivity index is 2.28. The standard InChI is InChI=1S/C19H24O4/c1-3-5-6-7-8-9-13-10-16(19(22)23-4-2)15-12-18(21)17(20)11-14(13)15/h9-12,20-21H,3-8H2,1-2H3/b13-9+. The molecular formula is C19H24O4. The van der Waals surface area contributed by atoms with E-state index in [1.807, 2.05) is 0 Å². The first-order valence-corrected chi connectivity index (χ1v) is 8.24. The van der Waals surface area contributed by atoms with Crippen LogP contribution in [0, 0.1) is 0 Å². The van der Waals surface area contributed by atoms with Crippen molar-refractivity contribution in [2.75, 3.05) is 6.61 Å². The number of unbranched alkanes of at least 4 members (excludes halogenated alkanes) is 4. The molecule has 0 atom stereocenters. The number of allylic oxidation sites excluding steroid dienone is 3. The van der Waals surface area contributed by atoms with E-state index in [4.69, 9.17) is 4.74 Å². The van der Waals surface area contributed by atoms with Gasteiger partial charge in [-0.2, -0.15) is 0 Å². The maximum absolute atomic E-state index is 12.1. The number of phenolic OH excluding ortho intramolecular Hbond substituents is 2. The summed E-state index contributed by atoms with van der Waals surface area (Å²) in [6.45, 7) is 4.23. The number of phenols is 2. The second kappa shape index (κ2) is 7.86. The molecule has 0 amide bonds. The van der Waals surface area contributed by atoms with Crippen molar-refractivity contribution in [2.24, 2.45) is 0 Å². The van der Waals surface area contributed by atoms with Gasteiger partial charge in [-0.1, -0.05) is 32.3 Å². The lowest BCUT2D eigenvalue weighted by molar-refractivity contribution is -0.136. The van der Waals surface area contributed by atoms with E-state index in [1.54, 1.807) is 13.0 Å². The third-order valence-electron chi connectivity index (χ3n) is 3.93. The van der Waals surface area contributed by atoms with E-state index in [-0.39, 0.29) is 11.5 Å². The molecule has 0 fully saturated rings. The van der Waals surface area contributed by atoms with Crippen LogP contribution in [0.4, 0.5) is 0 Å². The van der Waals surface area contributed by atoms with Crippen molar-refractivity contribution in [3.8, 4) is 11.5 Å². The second-order valence-electron chi connectivity index (χ2n) is 5.67. The molecule has 0 spiro atoms. The zero-order valence-electron chi connectivity index (χ0n) is 13.8. The summed E-state index contributed by atoms with van der Waals surface area (Å²) >= 11 is 0. The Kier molecular flexibility index (Phi) is 5.85. The summed E-state index contributed by atoms with van der Waals surface area (Å²) in [6, 6.07) is 2.93. The molecule has 0 unspecified atom stereocenters. The van der Waals surface area contributed by atoms with E-state index in [0.29, 0.717) is 17.7 Å². The van der Waals surface area contributed by atoms with Crippen LogP contribution in [-0.4, -0.2) is 22.8 Å². The third-order valence-corrected chi connectivity index (χ3v) is 3.93. The minimum Gasteiger partial charge on any atom is -0.504 e. The number of fused-ring (bicyclic) bond motifs is 1. The van der Waals surface area contributed by atoms with E-state index in [9.17, 15) is 15.0 Å². The minimum absolute atomic E-state index is 0.181. The Hall–Kier alpha value is -2.23. The van der Waals surface area contributed by atoms with E-state index in [1.165, 1.54) is 31.4 Å².